The van der Waals surface area contributed by atoms with Crippen molar-refractivity contribution in [1.82, 2.24) is 18.9 Å². The van der Waals surface area contributed by atoms with E-state index < -0.39 is 0 Å². The van der Waals surface area contributed by atoms with Gasteiger partial charge in [0.15, 0.2) is 0 Å². The van der Waals surface area contributed by atoms with Gasteiger partial charge in [-0.3, -0.25) is 9.97 Å². The highest BCUT2D eigenvalue weighted by Gasteiger charge is 2.19. The van der Waals surface area contributed by atoms with Crippen LogP contribution in [-0.2, 0) is 0 Å². The summed E-state index contributed by atoms with van der Waals surface area (Å²) in [5.41, 5.74) is 11.9. The minimum Gasteiger partial charge on any atom is -0.309 e. The Labute approximate surface area is 252 Å². The Morgan fingerprint density at radius 1 is 0.386 bits per heavy atom. The predicted molar refractivity (Wildman–Crippen MR) is 182 cm³/mol. The lowest BCUT2D eigenvalue weighted by Gasteiger charge is -2.09. The van der Waals surface area contributed by atoms with Crippen molar-refractivity contribution in [3.63, 3.8) is 0 Å². The molecule has 0 aliphatic rings. The highest BCUT2D eigenvalue weighted by atomic mass is 15.0. The molecule has 4 nitrogen and oxygen atoms in total. The van der Waals surface area contributed by atoms with Crippen LogP contribution in [-0.4, -0.2) is 18.9 Å². The number of fused-ring (bicyclic) bond motifs is 9. The minimum absolute atomic E-state index is 1.12. The standard InChI is InChI=1S/C40H24N4/c1-2-6-29(7-3-1)43-36-9-5-4-8-30(36)33-20-27(14-15-37(33)43)25-10-12-26(13-11-25)28-21-34-31-16-18-41-23-38(31)44-39-24-42-19-17-32(39)35(22-28)40(34)44/h1-24H. The molecule has 0 bridgehead atoms. The monoisotopic (exact) mass is 560 g/mol. The fourth-order valence-corrected chi connectivity index (χ4v) is 7.27. The lowest BCUT2D eigenvalue weighted by molar-refractivity contribution is 1.18. The van der Waals surface area contributed by atoms with Gasteiger partial charge in [0, 0.05) is 50.4 Å². The molecule has 0 fully saturated rings. The Hall–Kier alpha value is -6.00. The first-order valence-electron chi connectivity index (χ1n) is 14.9. The average Bonchev–Trinajstić information content (AvgIpc) is 3.73. The summed E-state index contributed by atoms with van der Waals surface area (Å²) in [6, 6.07) is 44.1. The number of para-hydroxylation sites is 2. The first-order valence-corrected chi connectivity index (χ1v) is 14.9. The van der Waals surface area contributed by atoms with Gasteiger partial charge in [-0.15, -0.1) is 0 Å². The lowest BCUT2D eigenvalue weighted by atomic mass is 9.97. The van der Waals surface area contributed by atoms with Crippen molar-refractivity contribution in [3.05, 3.63) is 146 Å². The van der Waals surface area contributed by atoms with E-state index in [-0.39, 0.29) is 0 Å². The van der Waals surface area contributed by atoms with E-state index in [0.29, 0.717) is 0 Å². The van der Waals surface area contributed by atoms with Crippen molar-refractivity contribution in [2.75, 3.05) is 0 Å². The summed E-state index contributed by atoms with van der Waals surface area (Å²) >= 11 is 0. The van der Waals surface area contributed by atoms with Crippen molar-refractivity contribution < 1.29 is 0 Å². The van der Waals surface area contributed by atoms with Crippen LogP contribution in [0.2, 0.25) is 0 Å². The normalized spacial score (nSPS) is 12.1. The Kier molecular flexibility index (Phi) is 4.69. The van der Waals surface area contributed by atoms with E-state index >= 15 is 0 Å². The number of hydrogen-bond donors (Lipinski definition) is 0. The third kappa shape index (κ3) is 3.17. The highest BCUT2D eigenvalue weighted by molar-refractivity contribution is 6.24. The Bertz CT molecular complexity index is 2610. The number of benzene rings is 5. The number of rotatable bonds is 3. The highest BCUT2D eigenvalue weighted by Crippen LogP contribution is 2.41. The Balaban J connectivity index is 1.12. The maximum Gasteiger partial charge on any atom is 0.0725 e. The fourth-order valence-electron chi connectivity index (χ4n) is 7.27. The van der Waals surface area contributed by atoms with Crippen molar-refractivity contribution in [3.8, 4) is 27.9 Å². The maximum absolute atomic E-state index is 4.44. The minimum atomic E-state index is 1.12. The van der Waals surface area contributed by atoms with Crippen molar-refractivity contribution in [1.29, 1.82) is 0 Å². The molecular weight excluding hydrogens is 536 g/mol. The van der Waals surface area contributed by atoms with Crippen molar-refractivity contribution in [2.45, 2.75) is 0 Å². The van der Waals surface area contributed by atoms with Crippen LogP contribution in [0.5, 0.6) is 0 Å². The number of pyridine rings is 2. The summed E-state index contributed by atoms with van der Waals surface area (Å²) in [7, 11) is 0. The second-order valence-corrected chi connectivity index (χ2v) is 11.5. The van der Waals surface area contributed by atoms with E-state index in [4.69, 9.17) is 0 Å². The molecule has 44 heavy (non-hydrogen) atoms. The molecule has 0 saturated carbocycles. The molecule has 0 aliphatic heterocycles. The van der Waals surface area contributed by atoms with E-state index in [0.717, 1.165) is 11.0 Å². The molecule has 5 aromatic heterocycles. The fraction of sp³-hybridized carbons (Fsp3) is 0. The summed E-state index contributed by atoms with van der Waals surface area (Å²) in [6.45, 7) is 0. The summed E-state index contributed by atoms with van der Waals surface area (Å²) in [4.78, 5) is 8.88. The van der Waals surface area contributed by atoms with E-state index in [1.54, 1.807) is 0 Å². The second-order valence-electron chi connectivity index (χ2n) is 11.5. The van der Waals surface area contributed by atoms with E-state index in [1.165, 1.54) is 76.8 Å². The second kappa shape index (κ2) is 8.76. The Morgan fingerprint density at radius 3 is 1.64 bits per heavy atom. The number of nitrogens with zero attached hydrogens (tertiary/aromatic N) is 4. The van der Waals surface area contributed by atoms with Gasteiger partial charge in [-0.25, -0.2) is 0 Å². The Morgan fingerprint density at radius 2 is 0.932 bits per heavy atom. The SMILES string of the molecule is c1ccc(-n2c3ccccc3c3cc(-c4ccc(-c5cc6c7ccncc7n7c8cnccc8c(c5)c67)cc4)ccc32)cc1. The van der Waals surface area contributed by atoms with Gasteiger partial charge in [0.05, 0.1) is 40.0 Å². The van der Waals surface area contributed by atoms with Gasteiger partial charge < -0.3 is 8.97 Å². The molecule has 4 heteroatoms. The van der Waals surface area contributed by atoms with E-state index in [1.807, 2.05) is 24.8 Å². The van der Waals surface area contributed by atoms with Crippen LogP contribution < -0.4 is 0 Å². The first kappa shape index (κ1) is 23.6. The zero-order chi connectivity index (χ0) is 28.8. The largest absolute Gasteiger partial charge is 0.309 e. The molecule has 0 amide bonds. The molecule has 5 aromatic carbocycles. The van der Waals surface area contributed by atoms with Gasteiger partial charge in [0.2, 0.25) is 0 Å². The van der Waals surface area contributed by atoms with E-state index in [9.17, 15) is 0 Å². The molecule has 5 heterocycles. The van der Waals surface area contributed by atoms with Crippen LogP contribution in [0.15, 0.2) is 146 Å². The average molecular weight is 561 g/mol. The molecular formula is C40H24N4. The zero-order valence-corrected chi connectivity index (χ0v) is 23.6. The summed E-state index contributed by atoms with van der Waals surface area (Å²) in [5, 5.41) is 7.45. The molecule has 0 N–H and O–H groups in total. The third-order valence-corrected chi connectivity index (χ3v) is 9.23. The molecule has 0 saturated heterocycles. The smallest absolute Gasteiger partial charge is 0.0725 e. The molecule has 0 unspecified atom stereocenters. The number of hydrogen-bond acceptors (Lipinski definition) is 2. The maximum atomic E-state index is 4.44. The quantitative estimate of drug-likeness (QED) is 0.215. The van der Waals surface area contributed by atoms with Gasteiger partial charge in [-0.05, 0) is 76.9 Å². The molecule has 0 aliphatic carbocycles. The zero-order valence-electron chi connectivity index (χ0n) is 23.6. The van der Waals surface area contributed by atoms with Gasteiger partial charge in [-0.2, -0.15) is 0 Å². The molecule has 10 aromatic rings. The third-order valence-electron chi connectivity index (χ3n) is 9.23. The lowest BCUT2D eigenvalue weighted by Crippen LogP contribution is -1.92. The van der Waals surface area contributed by atoms with Crippen LogP contribution in [0.4, 0.5) is 0 Å². The van der Waals surface area contributed by atoms with E-state index in [2.05, 4.69) is 140 Å². The molecule has 0 radical (unpaired) electrons. The van der Waals surface area contributed by atoms with Crippen LogP contribution in [0.1, 0.15) is 0 Å². The van der Waals surface area contributed by atoms with Crippen LogP contribution in [0.3, 0.4) is 0 Å². The first-order chi connectivity index (χ1) is 21.8. The van der Waals surface area contributed by atoms with Crippen LogP contribution >= 0.6 is 0 Å². The van der Waals surface area contributed by atoms with Crippen molar-refractivity contribution in [2.24, 2.45) is 0 Å². The van der Waals surface area contributed by atoms with Gasteiger partial charge in [0.25, 0.3) is 0 Å². The van der Waals surface area contributed by atoms with Crippen molar-refractivity contribution >= 4 is 59.9 Å². The molecule has 10 rings (SSSR count). The van der Waals surface area contributed by atoms with Gasteiger partial charge in [-0.1, -0.05) is 66.7 Å². The topological polar surface area (TPSA) is 35.1 Å². The predicted octanol–water partition coefficient (Wildman–Crippen LogP) is 10.1. The molecule has 204 valence electrons. The molecule has 0 spiro atoms. The van der Waals surface area contributed by atoms with Crippen LogP contribution in [0, 0.1) is 0 Å². The molecule has 0 atom stereocenters. The van der Waals surface area contributed by atoms with Gasteiger partial charge >= 0.3 is 0 Å². The summed E-state index contributed by atoms with van der Waals surface area (Å²) < 4.78 is 4.67. The van der Waals surface area contributed by atoms with Gasteiger partial charge in [0.1, 0.15) is 0 Å². The summed E-state index contributed by atoms with van der Waals surface area (Å²) in [6.07, 6.45) is 7.69. The number of aromatic nitrogens is 4. The van der Waals surface area contributed by atoms with Crippen LogP contribution in [0.25, 0.3) is 87.8 Å². The summed E-state index contributed by atoms with van der Waals surface area (Å²) in [5.74, 6) is 0.